The van der Waals surface area contributed by atoms with Gasteiger partial charge in [-0.3, -0.25) is 9.48 Å². The Kier molecular flexibility index (Phi) is 1.75. The predicted octanol–water partition coefficient (Wildman–Crippen LogP) is 0.633. The molecule has 2 bridgehead atoms. The van der Waals surface area contributed by atoms with Gasteiger partial charge in [-0.15, -0.1) is 0 Å². The van der Waals surface area contributed by atoms with Gasteiger partial charge in [0.05, 0.1) is 29.8 Å². The van der Waals surface area contributed by atoms with Crippen molar-refractivity contribution in [1.82, 2.24) is 9.78 Å². The van der Waals surface area contributed by atoms with E-state index in [1.54, 1.807) is 4.68 Å². The van der Waals surface area contributed by atoms with Gasteiger partial charge in [-0.05, 0) is 19.3 Å². The minimum atomic E-state index is -0.981. The second kappa shape index (κ2) is 2.88. The van der Waals surface area contributed by atoms with Crippen LogP contribution in [0.3, 0.4) is 0 Å². The maximum atomic E-state index is 11.5. The van der Waals surface area contributed by atoms with Crippen molar-refractivity contribution in [2.24, 2.45) is 5.41 Å². The summed E-state index contributed by atoms with van der Waals surface area (Å²) in [5, 5.41) is 12.9. The van der Waals surface area contributed by atoms with Crippen molar-refractivity contribution in [3.05, 3.63) is 18.0 Å². The van der Waals surface area contributed by atoms with Crippen molar-refractivity contribution in [3.8, 4) is 0 Å². The predicted molar refractivity (Wildman–Crippen MR) is 55.5 cm³/mol. The molecule has 90 valence electrons. The SMILES string of the molecule is COC(=O)C12CC(n3cc(C(=O)O)cn3)(C1)C2. The Morgan fingerprint density at radius 3 is 2.59 bits per heavy atom. The molecule has 0 saturated heterocycles. The number of hydrogen-bond acceptors (Lipinski definition) is 4. The average molecular weight is 236 g/mol. The first-order valence-electron chi connectivity index (χ1n) is 5.38. The minimum absolute atomic E-state index is 0.151. The fourth-order valence-corrected chi connectivity index (χ4v) is 3.10. The van der Waals surface area contributed by atoms with Crippen molar-refractivity contribution in [3.63, 3.8) is 0 Å². The quantitative estimate of drug-likeness (QED) is 0.778. The van der Waals surface area contributed by atoms with E-state index in [4.69, 9.17) is 9.84 Å². The summed E-state index contributed by atoms with van der Waals surface area (Å²) in [7, 11) is 1.39. The zero-order chi connectivity index (χ0) is 12.3. The third kappa shape index (κ3) is 1.12. The molecule has 0 spiro atoms. The summed E-state index contributed by atoms with van der Waals surface area (Å²) in [6.45, 7) is 0. The summed E-state index contributed by atoms with van der Waals surface area (Å²) in [5.41, 5.74) is -0.298. The van der Waals surface area contributed by atoms with Gasteiger partial charge in [-0.1, -0.05) is 0 Å². The molecule has 4 rings (SSSR count). The number of aromatic carboxylic acids is 1. The van der Waals surface area contributed by atoms with Crippen LogP contribution in [0.1, 0.15) is 29.6 Å². The van der Waals surface area contributed by atoms with Gasteiger partial charge >= 0.3 is 11.9 Å². The lowest BCUT2D eigenvalue weighted by molar-refractivity contribution is -0.219. The molecule has 3 aliphatic rings. The molecule has 0 atom stereocenters. The molecule has 3 fully saturated rings. The molecule has 3 aliphatic carbocycles. The highest BCUT2D eigenvalue weighted by Crippen LogP contribution is 2.71. The Morgan fingerprint density at radius 2 is 2.12 bits per heavy atom. The number of hydrogen-bond donors (Lipinski definition) is 1. The van der Waals surface area contributed by atoms with E-state index in [-0.39, 0.29) is 22.5 Å². The molecule has 0 aliphatic heterocycles. The van der Waals surface area contributed by atoms with Gasteiger partial charge in [0.1, 0.15) is 0 Å². The summed E-state index contributed by atoms with van der Waals surface area (Å²) in [6, 6.07) is 0. The van der Waals surface area contributed by atoms with Gasteiger partial charge in [0.25, 0.3) is 0 Å². The van der Waals surface area contributed by atoms with Crippen molar-refractivity contribution in [2.75, 3.05) is 7.11 Å². The van der Waals surface area contributed by atoms with E-state index in [9.17, 15) is 9.59 Å². The van der Waals surface area contributed by atoms with Crippen LogP contribution in [-0.4, -0.2) is 33.9 Å². The number of methoxy groups -OCH3 is 1. The molecule has 0 unspecified atom stereocenters. The maximum absolute atomic E-state index is 11.5. The number of carboxylic acids is 1. The lowest BCUT2D eigenvalue weighted by atomic mass is 9.39. The third-order valence-electron chi connectivity index (χ3n) is 3.94. The van der Waals surface area contributed by atoms with Crippen molar-refractivity contribution in [1.29, 1.82) is 0 Å². The topological polar surface area (TPSA) is 81.4 Å². The standard InChI is InChI=1S/C11H12N2O4/c1-17-9(16)10-4-11(5-10,6-10)13-3-7(2-12-13)8(14)15/h2-3H,4-6H2,1H3,(H,14,15). The van der Waals surface area contributed by atoms with Crippen LogP contribution < -0.4 is 0 Å². The molecule has 0 radical (unpaired) electrons. The molecule has 1 aromatic rings. The molecule has 0 aromatic carbocycles. The number of esters is 1. The molecule has 17 heavy (non-hydrogen) atoms. The van der Waals surface area contributed by atoms with Crippen LogP contribution in [0, 0.1) is 5.41 Å². The molecule has 1 heterocycles. The Balaban J connectivity index is 1.77. The monoisotopic (exact) mass is 236 g/mol. The first kappa shape index (κ1) is 10.3. The van der Waals surface area contributed by atoms with E-state index >= 15 is 0 Å². The van der Waals surface area contributed by atoms with Gasteiger partial charge < -0.3 is 9.84 Å². The second-order valence-electron chi connectivity index (χ2n) is 5.01. The van der Waals surface area contributed by atoms with Crippen LogP contribution in [0.4, 0.5) is 0 Å². The number of carboxylic acid groups (broad SMARTS) is 1. The number of aromatic nitrogens is 2. The van der Waals surface area contributed by atoms with Crippen LogP contribution in [0.5, 0.6) is 0 Å². The van der Waals surface area contributed by atoms with E-state index in [1.165, 1.54) is 19.5 Å². The highest BCUT2D eigenvalue weighted by molar-refractivity contribution is 5.87. The molecular weight excluding hydrogens is 224 g/mol. The van der Waals surface area contributed by atoms with E-state index in [0.717, 1.165) is 0 Å². The van der Waals surface area contributed by atoms with Gasteiger partial charge in [0.15, 0.2) is 0 Å². The molecule has 3 saturated carbocycles. The lowest BCUT2D eigenvalue weighted by Gasteiger charge is -2.67. The summed E-state index contributed by atoms with van der Waals surface area (Å²) in [4.78, 5) is 22.2. The Bertz CT molecular complexity index is 500. The first-order valence-corrected chi connectivity index (χ1v) is 5.38. The van der Waals surface area contributed by atoms with E-state index in [1.807, 2.05) is 0 Å². The Morgan fingerprint density at radius 1 is 1.47 bits per heavy atom. The molecule has 1 aromatic heterocycles. The van der Waals surface area contributed by atoms with Crippen molar-refractivity contribution in [2.45, 2.75) is 24.8 Å². The number of carbonyl (C=O) groups is 2. The number of carbonyl (C=O) groups excluding carboxylic acids is 1. The van der Waals surface area contributed by atoms with Gasteiger partial charge in [0, 0.05) is 6.20 Å². The van der Waals surface area contributed by atoms with Gasteiger partial charge in [-0.25, -0.2) is 4.79 Å². The normalized spacial score (nSPS) is 33.5. The van der Waals surface area contributed by atoms with Gasteiger partial charge in [-0.2, -0.15) is 5.10 Å². The van der Waals surface area contributed by atoms with Crippen LogP contribution in [0.25, 0.3) is 0 Å². The smallest absolute Gasteiger partial charge is 0.338 e. The Hall–Kier alpha value is -1.85. The van der Waals surface area contributed by atoms with Crippen molar-refractivity contribution >= 4 is 11.9 Å². The maximum Gasteiger partial charge on any atom is 0.338 e. The van der Waals surface area contributed by atoms with E-state index in [0.29, 0.717) is 19.3 Å². The third-order valence-corrected chi connectivity index (χ3v) is 3.94. The van der Waals surface area contributed by atoms with Gasteiger partial charge in [0.2, 0.25) is 0 Å². The van der Waals surface area contributed by atoms with E-state index in [2.05, 4.69) is 5.10 Å². The zero-order valence-electron chi connectivity index (χ0n) is 9.34. The number of ether oxygens (including phenoxy) is 1. The largest absolute Gasteiger partial charge is 0.478 e. The zero-order valence-corrected chi connectivity index (χ0v) is 9.34. The summed E-state index contributed by atoms with van der Waals surface area (Å²) in [6.07, 6.45) is 4.98. The summed E-state index contributed by atoms with van der Waals surface area (Å²) in [5.74, 6) is -1.14. The number of rotatable bonds is 3. The molecule has 6 heteroatoms. The fraction of sp³-hybridized carbons (Fsp3) is 0.545. The second-order valence-corrected chi connectivity index (χ2v) is 5.01. The first-order chi connectivity index (χ1) is 8.01. The summed E-state index contributed by atoms with van der Waals surface area (Å²) >= 11 is 0. The molecular formula is C11H12N2O4. The van der Waals surface area contributed by atoms with Crippen molar-refractivity contribution < 1.29 is 19.4 Å². The lowest BCUT2D eigenvalue weighted by Crippen LogP contribution is -2.71. The highest BCUT2D eigenvalue weighted by atomic mass is 16.5. The Labute approximate surface area is 97.2 Å². The number of nitrogens with zero attached hydrogens (tertiary/aromatic N) is 2. The average Bonchev–Trinajstić information content (AvgIpc) is 2.62. The minimum Gasteiger partial charge on any atom is -0.478 e. The fourth-order valence-electron chi connectivity index (χ4n) is 3.10. The molecule has 0 amide bonds. The molecule has 6 nitrogen and oxygen atoms in total. The van der Waals surface area contributed by atoms with E-state index < -0.39 is 5.97 Å². The highest BCUT2D eigenvalue weighted by Gasteiger charge is 2.74. The van der Waals surface area contributed by atoms with Crippen LogP contribution in [0.2, 0.25) is 0 Å². The van der Waals surface area contributed by atoms with Crippen LogP contribution in [0.15, 0.2) is 12.4 Å². The van der Waals surface area contributed by atoms with Crippen LogP contribution in [-0.2, 0) is 15.1 Å². The summed E-state index contributed by atoms with van der Waals surface area (Å²) < 4.78 is 6.44. The van der Waals surface area contributed by atoms with Crippen LogP contribution >= 0.6 is 0 Å². The molecule has 1 N–H and O–H groups in total.